The molecule has 2 heterocycles. The molecule has 2 aliphatic heterocycles. The minimum Gasteiger partial charge on any atom is -0.349 e. The molecule has 0 radical (unpaired) electrons. The summed E-state index contributed by atoms with van der Waals surface area (Å²) in [4.78, 5) is 12.9. The van der Waals surface area contributed by atoms with Gasteiger partial charge in [-0.2, -0.15) is 4.31 Å². The summed E-state index contributed by atoms with van der Waals surface area (Å²) < 4.78 is 27.6. The zero-order valence-corrected chi connectivity index (χ0v) is 17.7. The molecular weight excluding hydrogens is 386 g/mol. The molecule has 6 nitrogen and oxygen atoms in total. The van der Waals surface area contributed by atoms with Gasteiger partial charge in [0.25, 0.3) is 5.91 Å². The van der Waals surface area contributed by atoms with Gasteiger partial charge in [-0.15, -0.1) is 12.4 Å². The third-order valence-corrected chi connectivity index (χ3v) is 7.53. The van der Waals surface area contributed by atoms with Crippen LogP contribution in [0.3, 0.4) is 0 Å². The molecule has 2 saturated heterocycles. The Morgan fingerprint density at radius 2 is 1.93 bits per heavy atom. The number of carbonyl (C=O) groups excluding carboxylic acids is 1. The highest BCUT2D eigenvalue weighted by atomic mass is 35.5. The summed E-state index contributed by atoms with van der Waals surface area (Å²) in [5.41, 5.74) is 1.10. The largest absolute Gasteiger partial charge is 0.349 e. The molecule has 2 aliphatic rings. The van der Waals surface area contributed by atoms with Crippen LogP contribution in [0.4, 0.5) is 0 Å². The van der Waals surface area contributed by atoms with Gasteiger partial charge < -0.3 is 10.6 Å². The topological polar surface area (TPSA) is 78.5 Å². The van der Waals surface area contributed by atoms with Crippen molar-refractivity contribution in [1.29, 1.82) is 0 Å². The van der Waals surface area contributed by atoms with E-state index in [2.05, 4.69) is 17.6 Å². The minimum atomic E-state index is -3.55. The quantitative estimate of drug-likeness (QED) is 0.791. The highest BCUT2D eigenvalue weighted by molar-refractivity contribution is 7.89. The highest BCUT2D eigenvalue weighted by Crippen LogP contribution is 2.24. The molecule has 0 saturated carbocycles. The molecule has 2 atom stereocenters. The molecule has 1 aromatic rings. The Hall–Kier alpha value is -1.15. The Labute approximate surface area is 168 Å². The van der Waals surface area contributed by atoms with Crippen molar-refractivity contribution in [3.8, 4) is 0 Å². The van der Waals surface area contributed by atoms with Crippen molar-refractivity contribution in [1.82, 2.24) is 14.9 Å². The number of nitrogens with one attached hydrogen (secondary N) is 2. The summed E-state index contributed by atoms with van der Waals surface area (Å²) >= 11 is 0. The van der Waals surface area contributed by atoms with Gasteiger partial charge in [-0.05, 0) is 62.9 Å². The van der Waals surface area contributed by atoms with Crippen LogP contribution in [0, 0.1) is 12.8 Å². The number of hydrogen-bond donors (Lipinski definition) is 2. The average Bonchev–Trinajstić information content (AvgIpc) is 2.64. The number of hydrogen-bond acceptors (Lipinski definition) is 4. The van der Waals surface area contributed by atoms with Crippen molar-refractivity contribution < 1.29 is 13.2 Å². The van der Waals surface area contributed by atoms with E-state index in [1.54, 1.807) is 29.4 Å². The number of amides is 1. The van der Waals surface area contributed by atoms with Crippen LogP contribution in [-0.2, 0) is 10.0 Å². The van der Waals surface area contributed by atoms with Gasteiger partial charge in [0.1, 0.15) is 0 Å². The molecule has 152 valence electrons. The van der Waals surface area contributed by atoms with Gasteiger partial charge in [0, 0.05) is 24.7 Å². The molecule has 2 unspecified atom stereocenters. The van der Waals surface area contributed by atoms with Gasteiger partial charge in [0.2, 0.25) is 10.0 Å². The molecule has 1 aromatic carbocycles. The zero-order chi connectivity index (χ0) is 18.7. The van der Waals surface area contributed by atoms with Crippen molar-refractivity contribution in [3.05, 3.63) is 29.3 Å². The molecule has 27 heavy (non-hydrogen) atoms. The smallest absolute Gasteiger partial charge is 0.251 e. The third kappa shape index (κ3) is 5.02. The lowest BCUT2D eigenvalue weighted by atomic mass is 9.95. The first-order valence-corrected chi connectivity index (χ1v) is 11.0. The molecule has 2 fully saturated rings. The lowest BCUT2D eigenvalue weighted by Crippen LogP contribution is -2.48. The van der Waals surface area contributed by atoms with Crippen LogP contribution in [-0.4, -0.2) is 50.9 Å². The molecule has 2 N–H and O–H groups in total. The molecule has 0 spiro atoms. The van der Waals surface area contributed by atoms with E-state index in [1.165, 1.54) is 0 Å². The Bertz CT molecular complexity index is 763. The first kappa shape index (κ1) is 22.1. The normalized spacial score (nSPS) is 24.1. The van der Waals surface area contributed by atoms with E-state index in [-0.39, 0.29) is 29.3 Å². The first-order chi connectivity index (χ1) is 12.4. The number of carbonyl (C=O) groups is 1. The van der Waals surface area contributed by atoms with E-state index in [0.29, 0.717) is 30.1 Å². The predicted octanol–water partition coefficient (Wildman–Crippen LogP) is 2.32. The minimum absolute atomic E-state index is 0. The summed E-state index contributed by atoms with van der Waals surface area (Å²) in [5.74, 6) is 0.161. The van der Waals surface area contributed by atoms with Gasteiger partial charge in [-0.1, -0.05) is 19.4 Å². The summed E-state index contributed by atoms with van der Waals surface area (Å²) in [6.07, 6.45) is 3.75. The van der Waals surface area contributed by atoms with Crippen LogP contribution in [0.15, 0.2) is 23.1 Å². The lowest BCUT2D eigenvalue weighted by Gasteiger charge is -2.30. The van der Waals surface area contributed by atoms with Gasteiger partial charge in [-0.25, -0.2) is 8.42 Å². The van der Waals surface area contributed by atoms with Gasteiger partial charge in [-0.3, -0.25) is 4.79 Å². The van der Waals surface area contributed by atoms with E-state index in [4.69, 9.17) is 0 Å². The van der Waals surface area contributed by atoms with E-state index < -0.39 is 10.0 Å². The maximum absolute atomic E-state index is 13.0. The fourth-order valence-electron chi connectivity index (χ4n) is 3.74. The van der Waals surface area contributed by atoms with E-state index in [0.717, 1.165) is 38.8 Å². The van der Waals surface area contributed by atoms with Gasteiger partial charge in [0.05, 0.1) is 4.90 Å². The third-order valence-electron chi connectivity index (χ3n) is 5.48. The van der Waals surface area contributed by atoms with Crippen molar-refractivity contribution >= 4 is 28.3 Å². The number of benzene rings is 1. The summed E-state index contributed by atoms with van der Waals surface area (Å²) in [7, 11) is -3.55. The first-order valence-electron chi connectivity index (χ1n) is 9.52. The van der Waals surface area contributed by atoms with Crippen LogP contribution < -0.4 is 10.6 Å². The Morgan fingerprint density at radius 3 is 2.59 bits per heavy atom. The molecule has 1 amide bonds. The van der Waals surface area contributed by atoms with Crippen molar-refractivity contribution in [2.45, 2.75) is 50.5 Å². The second-order valence-electron chi connectivity index (χ2n) is 7.50. The molecular formula is C19H30ClN3O3S. The maximum Gasteiger partial charge on any atom is 0.251 e. The number of piperidine rings is 2. The van der Waals surface area contributed by atoms with E-state index in [9.17, 15) is 13.2 Å². The Balaban J connectivity index is 0.00000261. The standard InChI is InChI=1S/C19H29N3O3S.ClH/c1-14-6-7-16(19(23)21-17-8-9-20-13-15(17)2)12-18(14)26(24,25)22-10-4-3-5-11-22;/h6-7,12,15,17,20H,3-5,8-11,13H2,1-2H3,(H,21,23);1H. The summed E-state index contributed by atoms with van der Waals surface area (Å²) in [6.45, 7) is 6.78. The number of rotatable bonds is 4. The molecule has 0 aromatic heterocycles. The highest BCUT2D eigenvalue weighted by Gasteiger charge is 2.29. The lowest BCUT2D eigenvalue weighted by molar-refractivity contribution is 0.0914. The van der Waals surface area contributed by atoms with Gasteiger partial charge >= 0.3 is 0 Å². The maximum atomic E-state index is 13.0. The number of aryl methyl sites for hydroxylation is 1. The Morgan fingerprint density at radius 1 is 1.22 bits per heavy atom. The molecule has 0 bridgehead atoms. The Kier molecular flexibility index (Phi) is 7.68. The SMILES string of the molecule is Cc1ccc(C(=O)NC2CCNCC2C)cc1S(=O)(=O)N1CCCCC1.Cl. The van der Waals surface area contributed by atoms with Crippen molar-refractivity contribution in [2.24, 2.45) is 5.92 Å². The molecule has 8 heteroatoms. The fourth-order valence-corrected chi connectivity index (χ4v) is 5.51. The van der Waals surface area contributed by atoms with E-state index >= 15 is 0 Å². The fraction of sp³-hybridized carbons (Fsp3) is 0.632. The van der Waals surface area contributed by atoms with Gasteiger partial charge in [0.15, 0.2) is 0 Å². The van der Waals surface area contributed by atoms with Crippen molar-refractivity contribution in [3.63, 3.8) is 0 Å². The number of nitrogens with zero attached hydrogens (tertiary/aromatic N) is 1. The number of halogens is 1. The van der Waals surface area contributed by atoms with Crippen LogP contribution >= 0.6 is 12.4 Å². The van der Waals surface area contributed by atoms with Crippen LogP contribution in [0.1, 0.15) is 48.5 Å². The monoisotopic (exact) mass is 415 g/mol. The summed E-state index contributed by atoms with van der Waals surface area (Å²) in [5, 5.41) is 6.39. The summed E-state index contributed by atoms with van der Waals surface area (Å²) in [6, 6.07) is 5.11. The molecule has 0 aliphatic carbocycles. The second-order valence-corrected chi connectivity index (χ2v) is 9.40. The number of sulfonamides is 1. The van der Waals surface area contributed by atoms with Crippen LogP contribution in [0.2, 0.25) is 0 Å². The zero-order valence-electron chi connectivity index (χ0n) is 16.0. The predicted molar refractivity (Wildman–Crippen MR) is 109 cm³/mol. The average molecular weight is 416 g/mol. The second kappa shape index (κ2) is 9.37. The molecule has 3 rings (SSSR count). The van der Waals surface area contributed by atoms with Crippen LogP contribution in [0.5, 0.6) is 0 Å². The van der Waals surface area contributed by atoms with Crippen molar-refractivity contribution in [2.75, 3.05) is 26.2 Å². The van der Waals surface area contributed by atoms with Crippen LogP contribution in [0.25, 0.3) is 0 Å². The van der Waals surface area contributed by atoms with E-state index in [1.807, 2.05) is 0 Å².